The molecule has 6 heteroatoms. The van der Waals surface area contributed by atoms with Gasteiger partial charge in [-0.15, -0.1) is 0 Å². The number of hydrogen-bond donors (Lipinski definition) is 1. The minimum Gasteiger partial charge on any atom is -0.378 e. The lowest BCUT2D eigenvalue weighted by Gasteiger charge is -2.50. The van der Waals surface area contributed by atoms with E-state index in [1.165, 1.54) is 32.5 Å². The molecule has 0 aliphatic carbocycles. The van der Waals surface area contributed by atoms with Gasteiger partial charge in [-0.3, -0.25) is 9.69 Å². The second-order valence-corrected chi connectivity index (χ2v) is 9.41. The van der Waals surface area contributed by atoms with Gasteiger partial charge in [0.05, 0.1) is 0 Å². The van der Waals surface area contributed by atoms with Crippen molar-refractivity contribution >= 4 is 11.6 Å². The maximum absolute atomic E-state index is 12.6. The molecule has 3 heterocycles. The van der Waals surface area contributed by atoms with Gasteiger partial charge in [0.2, 0.25) is 0 Å². The molecule has 2 bridgehead atoms. The zero-order chi connectivity index (χ0) is 21.0. The number of hydrogen-bond acceptors (Lipinski definition) is 5. The van der Waals surface area contributed by atoms with Gasteiger partial charge >= 0.3 is 0 Å². The molecule has 3 aliphatic heterocycles. The van der Waals surface area contributed by atoms with Crippen molar-refractivity contribution in [1.29, 1.82) is 0 Å². The number of carbonyl (C=O) groups is 1. The summed E-state index contributed by atoms with van der Waals surface area (Å²) in [6.07, 6.45) is 2.52. The number of anilines is 1. The summed E-state index contributed by atoms with van der Waals surface area (Å²) in [6, 6.07) is 8.31. The highest BCUT2D eigenvalue weighted by atomic mass is 16.1. The van der Waals surface area contributed by atoms with Crippen LogP contribution in [0.4, 0.5) is 5.69 Å². The highest BCUT2D eigenvalue weighted by molar-refractivity contribution is 5.94. The largest absolute Gasteiger partial charge is 0.378 e. The fourth-order valence-corrected chi connectivity index (χ4v) is 4.75. The van der Waals surface area contributed by atoms with E-state index in [-0.39, 0.29) is 5.91 Å². The SMILES string of the molecule is CN(C)CCN(C)C[C@@H]1CN2CC[C@H]1C[C@@H]2CNC(=O)c1ccc(N(C)C)cc1. The molecule has 3 aliphatic rings. The predicted octanol–water partition coefficient (Wildman–Crippen LogP) is 1.69. The van der Waals surface area contributed by atoms with E-state index in [0.29, 0.717) is 6.04 Å². The normalized spacial score (nSPS) is 26.2. The quantitative estimate of drug-likeness (QED) is 0.682. The topological polar surface area (TPSA) is 42.1 Å². The summed E-state index contributed by atoms with van der Waals surface area (Å²) in [4.78, 5) is 21.9. The molecule has 4 atom stereocenters. The van der Waals surface area contributed by atoms with E-state index in [4.69, 9.17) is 0 Å². The lowest BCUT2D eigenvalue weighted by molar-refractivity contribution is -0.00916. The van der Waals surface area contributed by atoms with Crippen molar-refractivity contribution in [2.24, 2.45) is 11.8 Å². The predicted molar refractivity (Wildman–Crippen MR) is 121 cm³/mol. The highest BCUT2D eigenvalue weighted by Crippen LogP contribution is 2.36. The number of amides is 1. The van der Waals surface area contributed by atoms with Gasteiger partial charge < -0.3 is 20.0 Å². The average Bonchev–Trinajstić information content (AvgIpc) is 2.71. The Morgan fingerprint density at radius 1 is 1.10 bits per heavy atom. The van der Waals surface area contributed by atoms with Crippen LogP contribution in [0, 0.1) is 11.8 Å². The van der Waals surface area contributed by atoms with Crippen LogP contribution in [0.15, 0.2) is 24.3 Å². The monoisotopic (exact) mass is 401 g/mol. The molecule has 1 amide bonds. The highest BCUT2D eigenvalue weighted by Gasteiger charge is 2.40. The summed E-state index contributed by atoms with van der Waals surface area (Å²) in [5, 5.41) is 3.18. The molecule has 0 saturated carbocycles. The van der Waals surface area contributed by atoms with Crippen LogP contribution in [0.3, 0.4) is 0 Å². The van der Waals surface area contributed by atoms with Gasteiger partial charge in [-0.1, -0.05) is 0 Å². The minimum absolute atomic E-state index is 0.0397. The molecule has 1 aromatic carbocycles. The van der Waals surface area contributed by atoms with E-state index >= 15 is 0 Å². The fraction of sp³-hybridized carbons (Fsp3) is 0.696. The molecule has 29 heavy (non-hydrogen) atoms. The Morgan fingerprint density at radius 3 is 2.41 bits per heavy atom. The number of nitrogens with zero attached hydrogens (tertiary/aromatic N) is 4. The molecule has 4 rings (SSSR count). The van der Waals surface area contributed by atoms with Crippen molar-refractivity contribution in [3.8, 4) is 0 Å². The van der Waals surface area contributed by atoms with Crippen LogP contribution in [0.25, 0.3) is 0 Å². The van der Waals surface area contributed by atoms with E-state index in [1.807, 2.05) is 43.3 Å². The third kappa shape index (κ3) is 5.93. The summed E-state index contributed by atoms with van der Waals surface area (Å²) in [5.74, 6) is 1.60. The van der Waals surface area contributed by atoms with Gasteiger partial charge in [-0.25, -0.2) is 0 Å². The van der Waals surface area contributed by atoms with Crippen LogP contribution in [-0.4, -0.2) is 101 Å². The number of carbonyl (C=O) groups excluding carboxylic acids is 1. The first kappa shape index (κ1) is 22.1. The number of nitrogens with one attached hydrogen (secondary N) is 1. The first-order chi connectivity index (χ1) is 13.8. The molecule has 3 saturated heterocycles. The van der Waals surface area contributed by atoms with E-state index in [2.05, 4.69) is 41.2 Å². The van der Waals surface area contributed by atoms with Crippen molar-refractivity contribution in [2.75, 3.05) is 79.4 Å². The molecular formula is C23H39N5O. The summed E-state index contributed by atoms with van der Waals surface area (Å²) in [7, 11) is 10.5. The van der Waals surface area contributed by atoms with Crippen molar-refractivity contribution in [2.45, 2.75) is 18.9 Å². The van der Waals surface area contributed by atoms with E-state index in [1.54, 1.807) is 0 Å². The number of piperidine rings is 3. The Hall–Kier alpha value is -1.63. The van der Waals surface area contributed by atoms with Crippen LogP contribution < -0.4 is 10.2 Å². The van der Waals surface area contributed by atoms with Crippen LogP contribution in [-0.2, 0) is 0 Å². The van der Waals surface area contributed by atoms with Gasteiger partial charge in [-0.05, 0) is 76.6 Å². The molecule has 0 radical (unpaired) electrons. The summed E-state index contributed by atoms with van der Waals surface area (Å²) < 4.78 is 0. The third-order valence-corrected chi connectivity index (χ3v) is 6.63. The smallest absolute Gasteiger partial charge is 0.251 e. The number of fused-ring (bicyclic) bond motifs is 3. The van der Waals surface area contributed by atoms with E-state index in [9.17, 15) is 4.79 Å². The molecular weight excluding hydrogens is 362 g/mol. The number of likely N-dealkylation sites (N-methyl/N-ethyl adjacent to an activating group) is 2. The Balaban J connectivity index is 1.46. The number of benzene rings is 1. The molecule has 162 valence electrons. The summed E-state index contributed by atoms with van der Waals surface area (Å²) in [5.41, 5.74) is 1.85. The average molecular weight is 402 g/mol. The molecule has 1 N–H and O–H groups in total. The van der Waals surface area contributed by atoms with Crippen LogP contribution in [0.2, 0.25) is 0 Å². The van der Waals surface area contributed by atoms with E-state index in [0.717, 1.165) is 42.7 Å². The van der Waals surface area contributed by atoms with Crippen LogP contribution in [0.1, 0.15) is 23.2 Å². The minimum atomic E-state index is 0.0397. The second kappa shape index (κ2) is 9.92. The molecule has 1 unspecified atom stereocenters. The van der Waals surface area contributed by atoms with Gasteiger partial charge in [0.25, 0.3) is 5.91 Å². The molecule has 3 fully saturated rings. The maximum Gasteiger partial charge on any atom is 0.251 e. The summed E-state index contributed by atoms with van der Waals surface area (Å²) >= 11 is 0. The van der Waals surface area contributed by atoms with Gasteiger partial charge in [0, 0.05) is 64.1 Å². The maximum atomic E-state index is 12.6. The lowest BCUT2D eigenvalue weighted by Crippen LogP contribution is -2.58. The first-order valence-corrected chi connectivity index (χ1v) is 11.0. The molecule has 6 nitrogen and oxygen atoms in total. The first-order valence-electron chi connectivity index (χ1n) is 11.0. The van der Waals surface area contributed by atoms with Crippen molar-refractivity contribution < 1.29 is 4.79 Å². The molecule has 0 spiro atoms. The standard InChI is InChI=1S/C23H39N5O/c1-25(2)12-13-27(5)16-20-17-28-11-10-19(20)14-22(28)15-24-23(29)18-6-8-21(9-7-18)26(3)4/h6-9,19-20,22H,10-17H2,1-5H3,(H,24,29)/t19-,20+,22+/m0/s1. The van der Waals surface area contributed by atoms with Gasteiger partial charge in [0.15, 0.2) is 0 Å². The fourth-order valence-electron chi connectivity index (χ4n) is 4.75. The van der Waals surface area contributed by atoms with Crippen LogP contribution in [0.5, 0.6) is 0 Å². The van der Waals surface area contributed by atoms with Crippen molar-refractivity contribution in [3.05, 3.63) is 29.8 Å². The molecule has 1 aromatic rings. The zero-order valence-corrected chi connectivity index (χ0v) is 18.9. The van der Waals surface area contributed by atoms with Crippen molar-refractivity contribution in [3.63, 3.8) is 0 Å². The Kier molecular flexibility index (Phi) is 7.55. The summed E-state index contributed by atoms with van der Waals surface area (Å²) in [6.45, 7) is 6.54. The van der Waals surface area contributed by atoms with Gasteiger partial charge in [0.1, 0.15) is 0 Å². The second-order valence-electron chi connectivity index (χ2n) is 9.41. The lowest BCUT2D eigenvalue weighted by atomic mass is 9.75. The number of rotatable bonds is 9. The van der Waals surface area contributed by atoms with Gasteiger partial charge in [-0.2, -0.15) is 0 Å². The molecule has 0 aromatic heterocycles. The third-order valence-electron chi connectivity index (χ3n) is 6.63. The Morgan fingerprint density at radius 2 is 1.83 bits per heavy atom. The zero-order valence-electron chi connectivity index (χ0n) is 18.9. The van der Waals surface area contributed by atoms with Crippen molar-refractivity contribution in [1.82, 2.24) is 20.0 Å². The van der Waals surface area contributed by atoms with Crippen LogP contribution >= 0.6 is 0 Å². The van der Waals surface area contributed by atoms with E-state index < -0.39 is 0 Å². The Labute approximate surface area is 176 Å². The Bertz CT molecular complexity index is 660.